The van der Waals surface area contributed by atoms with Crippen LogP contribution in [0.2, 0.25) is 0 Å². The Morgan fingerprint density at radius 2 is 0.661 bits per heavy atom. The molecule has 0 N–H and O–H groups in total. The van der Waals surface area contributed by atoms with Crippen molar-refractivity contribution in [3.05, 3.63) is 73.1 Å². The SMILES string of the molecule is CCCCCCCCCCCCCCCC(=O)Oc1cccc2ccc[n+](CCCCCC[n+]3cccc4cccc(OC(=O)CCCCCCCCCCCCCCC)c43)c12. The van der Waals surface area contributed by atoms with E-state index in [0.717, 1.165) is 86.3 Å². The van der Waals surface area contributed by atoms with Crippen molar-refractivity contribution >= 4 is 33.7 Å². The number of fused-ring (bicyclic) bond motifs is 2. The van der Waals surface area contributed by atoms with E-state index in [9.17, 15) is 9.59 Å². The third-order valence-electron chi connectivity index (χ3n) is 12.7. The topological polar surface area (TPSA) is 60.4 Å². The second-order valence-electron chi connectivity index (χ2n) is 18.1. The van der Waals surface area contributed by atoms with Crippen LogP contribution in [-0.4, -0.2) is 11.9 Å². The number of unbranched alkanes of at least 4 members (excludes halogenated alkanes) is 27. The fourth-order valence-corrected chi connectivity index (χ4v) is 8.99. The maximum atomic E-state index is 12.9. The van der Waals surface area contributed by atoms with Crippen LogP contribution in [-0.2, 0) is 22.7 Å². The Bertz CT molecular complexity index is 1660. The summed E-state index contributed by atoms with van der Waals surface area (Å²) in [6, 6.07) is 20.4. The summed E-state index contributed by atoms with van der Waals surface area (Å²) < 4.78 is 16.5. The number of pyridine rings is 2. The van der Waals surface area contributed by atoms with Crippen LogP contribution in [0.25, 0.3) is 21.8 Å². The van der Waals surface area contributed by atoms with Crippen LogP contribution in [0.1, 0.15) is 219 Å². The average Bonchev–Trinajstić information content (AvgIpc) is 3.28. The van der Waals surface area contributed by atoms with E-state index < -0.39 is 0 Å². The van der Waals surface area contributed by atoms with Gasteiger partial charge in [0, 0.05) is 37.8 Å². The van der Waals surface area contributed by atoms with Gasteiger partial charge in [-0.1, -0.05) is 180 Å². The standard InChI is InChI=1S/C56H86N2O4/c1-3-5-7-9-11-13-15-17-19-21-23-25-29-43-53(59)61-51-41-33-37-49-39-35-47-57(55(49)51)45-31-27-28-32-46-58-48-36-40-50-38-34-42-52(56(50)58)62-54(60)44-30-26-24-22-20-18-16-14-12-10-8-6-4-2/h33-42,47-48H,3-32,43-46H2,1-2H3/q+2. The number of ether oxygens (including phenoxy) is 2. The van der Waals surface area contributed by atoms with E-state index in [-0.39, 0.29) is 11.9 Å². The Balaban J connectivity index is 1.12. The summed E-state index contributed by atoms with van der Waals surface area (Å²) in [5.74, 6) is 1.07. The molecule has 0 spiro atoms. The van der Waals surface area contributed by atoms with Crippen molar-refractivity contribution in [3.8, 4) is 11.5 Å². The smallest absolute Gasteiger partial charge is 0.311 e. The molecule has 6 nitrogen and oxygen atoms in total. The van der Waals surface area contributed by atoms with Gasteiger partial charge in [-0.25, -0.2) is 0 Å². The molecule has 0 fully saturated rings. The molecule has 4 rings (SSSR count). The van der Waals surface area contributed by atoms with Crippen molar-refractivity contribution in [3.63, 3.8) is 0 Å². The van der Waals surface area contributed by atoms with Crippen molar-refractivity contribution in [2.24, 2.45) is 0 Å². The summed E-state index contributed by atoms with van der Waals surface area (Å²) in [7, 11) is 0. The number of hydrogen-bond acceptors (Lipinski definition) is 4. The number of carbonyl (C=O) groups is 2. The molecule has 0 atom stereocenters. The lowest BCUT2D eigenvalue weighted by Crippen LogP contribution is -2.35. The number of nitrogens with zero attached hydrogens (tertiary/aromatic N) is 2. The molecule has 0 saturated carbocycles. The third-order valence-corrected chi connectivity index (χ3v) is 12.7. The lowest BCUT2D eigenvalue weighted by molar-refractivity contribution is -0.673. The minimum atomic E-state index is -0.130. The first kappa shape index (κ1) is 50.8. The zero-order chi connectivity index (χ0) is 43.7. The highest BCUT2D eigenvalue weighted by molar-refractivity contribution is 5.85. The van der Waals surface area contributed by atoms with Crippen LogP contribution in [0.4, 0.5) is 0 Å². The lowest BCUT2D eigenvalue weighted by atomic mass is 10.0. The Labute approximate surface area is 377 Å². The van der Waals surface area contributed by atoms with Crippen LogP contribution < -0.4 is 18.6 Å². The molecular formula is C56H86N2O4+2. The Morgan fingerprint density at radius 3 is 1.00 bits per heavy atom. The van der Waals surface area contributed by atoms with Gasteiger partial charge in [-0.05, 0) is 62.1 Å². The molecule has 4 aromatic rings. The van der Waals surface area contributed by atoms with E-state index in [2.05, 4.69) is 71.8 Å². The van der Waals surface area contributed by atoms with Crippen molar-refractivity contribution in [1.29, 1.82) is 0 Å². The Hall–Kier alpha value is -3.80. The van der Waals surface area contributed by atoms with Gasteiger partial charge in [-0.15, -0.1) is 0 Å². The second-order valence-corrected chi connectivity index (χ2v) is 18.1. The van der Waals surface area contributed by atoms with E-state index in [1.54, 1.807) is 0 Å². The maximum Gasteiger partial charge on any atom is 0.311 e. The van der Waals surface area contributed by atoms with Crippen molar-refractivity contribution in [1.82, 2.24) is 0 Å². The summed E-state index contributed by atoms with van der Waals surface area (Å²) in [6.07, 6.45) is 43.0. The zero-order valence-corrected chi connectivity index (χ0v) is 39.5. The van der Waals surface area contributed by atoms with E-state index in [4.69, 9.17) is 9.47 Å². The minimum absolute atomic E-state index is 0.130. The van der Waals surface area contributed by atoms with Crippen molar-refractivity contribution in [2.75, 3.05) is 0 Å². The molecule has 6 heteroatoms. The molecule has 2 heterocycles. The predicted octanol–water partition coefficient (Wildman–Crippen LogP) is 15.6. The van der Waals surface area contributed by atoms with Crippen LogP contribution in [0.15, 0.2) is 73.1 Å². The van der Waals surface area contributed by atoms with Crippen LogP contribution >= 0.6 is 0 Å². The number of aromatic nitrogens is 2. The number of carbonyl (C=O) groups excluding carboxylic acids is 2. The fraction of sp³-hybridized carbons (Fsp3) is 0.643. The first-order chi connectivity index (χ1) is 30.6. The molecule has 0 bridgehead atoms. The molecule has 2 aromatic carbocycles. The van der Waals surface area contributed by atoms with Gasteiger partial charge in [-0.2, -0.15) is 9.13 Å². The molecule has 342 valence electrons. The van der Waals surface area contributed by atoms with Crippen LogP contribution in [0.3, 0.4) is 0 Å². The van der Waals surface area contributed by atoms with Crippen LogP contribution in [0.5, 0.6) is 11.5 Å². The number of hydrogen-bond donors (Lipinski definition) is 0. The zero-order valence-electron chi connectivity index (χ0n) is 39.5. The molecule has 0 radical (unpaired) electrons. The molecule has 0 aliphatic carbocycles. The molecule has 0 saturated heterocycles. The lowest BCUT2D eigenvalue weighted by Gasteiger charge is -2.09. The first-order valence-electron chi connectivity index (χ1n) is 25.8. The van der Waals surface area contributed by atoms with Gasteiger partial charge < -0.3 is 9.47 Å². The number of rotatable bonds is 37. The number of benzene rings is 2. The minimum Gasteiger partial charge on any atom is -0.419 e. The van der Waals surface area contributed by atoms with Crippen LogP contribution in [0, 0.1) is 0 Å². The highest BCUT2D eigenvalue weighted by atomic mass is 16.5. The molecule has 0 aliphatic heterocycles. The molecule has 0 aliphatic rings. The fourth-order valence-electron chi connectivity index (χ4n) is 8.99. The van der Waals surface area contributed by atoms with Crippen molar-refractivity contribution in [2.45, 2.75) is 232 Å². The summed E-state index contributed by atoms with van der Waals surface area (Å²) in [6.45, 7) is 6.29. The number of esters is 2. The normalized spacial score (nSPS) is 11.5. The maximum absolute atomic E-state index is 12.9. The van der Waals surface area contributed by atoms with Gasteiger partial charge in [0.1, 0.15) is 13.1 Å². The number of para-hydroxylation sites is 2. The highest BCUT2D eigenvalue weighted by Gasteiger charge is 2.19. The highest BCUT2D eigenvalue weighted by Crippen LogP contribution is 2.25. The summed E-state index contributed by atoms with van der Waals surface area (Å²) >= 11 is 0. The summed E-state index contributed by atoms with van der Waals surface area (Å²) in [5, 5.41) is 2.18. The molecule has 0 unspecified atom stereocenters. The Morgan fingerprint density at radius 1 is 0.371 bits per heavy atom. The molecule has 2 aromatic heterocycles. The van der Waals surface area contributed by atoms with E-state index in [1.165, 1.54) is 141 Å². The molecule has 0 amide bonds. The van der Waals surface area contributed by atoms with Crippen molar-refractivity contribution < 1.29 is 28.2 Å². The van der Waals surface area contributed by atoms with E-state index >= 15 is 0 Å². The first-order valence-corrected chi connectivity index (χ1v) is 25.8. The molecular weight excluding hydrogens is 765 g/mol. The van der Waals surface area contributed by atoms with Gasteiger partial charge >= 0.3 is 11.9 Å². The largest absolute Gasteiger partial charge is 0.419 e. The summed E-state index contributed by atoms with van der Waals surface area (Å²) in [4.78, 5) is 25.9. The number of aryl methyl sites for hydroxylation is 2. The second kappa shape index (κ2) is 32.8. The van der Waals surface area contributed by atoms with Gasteiger partial charge in [-0.3, -0.25) is 9.59 Å². The van der Waals surface area contributed by atoms with E-state index in [1.807, 2.05) is 24.3 Å². The van der Waals surface area contributed by atoms with Gasteiger partial charge in [0.25, 0.3) is 11.0 Å². The monoisotopic (exact) mass is 851 g/mol. The van der Waals surface area contributed by atoms with Gasteiger partial charge in [0.15, 0.2) is 12.4 Å². The Kier molecular flexibility index (Phi) is 26.9. The van der Waals surface area contributed by atoms with E-state index in [0.29, 0.717) is 24.3 Å². The predicted molar refractivity (Wildman–Crippen MR) is 259 cm³/mol. The van der Waals surface area contributed by atoms with Gasteiger partial charge in [0.2, 0.25) is 11.5 Å². The average molecular weight is 851 g/mol. The molecule has 62 heavy (non-hydrogen) atoms. The quantitative estimate of drug-likeness (QED) is 0.0196. The van der Waals surface area contributed by atoms with Gasteiger partial charge in [0.05, 0.1) is 10.8 Å². The third kappa shape index (κ3) is 20.6. The summed E-state index contributed by atoms with van der Waals surface area (Å²) in [5.41, 5.74) is 1.99.